The fourth-order valence-electron chi connectivity index (χ4n) is 1.81. The molecule has 0 saturated heterocycles. The van der Waals surface area contributed by atoms with Crippen molar-refractivity contribution in [3.63, 3.8) is 0 Å². The van der Waals surface area contributed by atoms with Crippen LogP contribution in [0.5, 0.6) is 0 Å². The monoisotopic (exact) mass is 289 g/mol. The van der Waals surface area contributed by atoms with E-state index in [4.69, 9.17) is 0 Å². The fraction of sp³-hybridized carbons (Fsp3) is 0.143. The van der Waals surface area contributed by atoms with Crippen LogP contribution in [-0.2, 0) is 0 Å². The highest BCUT2D eigenvalue weighted by atomic mass is 19.1. The number of halogens is 1. The van der Waals surface area contributed by atoms with Gasteiger partial charge in [0.25, 0.3) is 5.91 Å². The number of carbonyl (C=O) groups is 1. The smallest absolute Gasteiger partial charge is 0.305 e. The molecule has 1 aromatic heterocycles. The first-order valence-electron chi connectivity index (χ1n) is 6.14. The van der Waals surface area contributed by atoms with Crippen LogP contribution in [0.1, 0.15) is 28.9 Å². The standard InChI is InChI=1S/C14H12FN3O3/c1-9(10-4-6-16-7-5-10)17-14(19)11-2-3-12(15)13(8-11)18(20)21/h2-9H,1H3,(H,17,19). The van der Waals surface area contributed by atoms with Crippen molar-refractivity contribution in [3.05, 3.63) is 69.8 Å². The molecule has 1 heterocycles. The number of nitro groups is 1. The number of aromatic nitrogens is 1. The zero-order chi connectivity index (χ0) is 15.4. The van der Waals surface area contributed by atoms with Crippen molar-refractivity contribution in [2.45, 2.75) is 13.0 Å². The second-order valence-corrected chi connectivity index (χ2v) is 4.40. The average molecular weight is 289 g/mol. The van der Waals surface area contributed by atoms with Crippen LogP contribution in [0.15, 0.2) is 42.7 Å². The normalized spacial score (nSPS) is 11.7. The van der Waals surface area contributed by atoms with Crippen molar-refractivity contribution in [2.75, 3.05) is 0 Å². The highest BCUT2D eigenvalue weighted by Gasteiger charge is 2.18. The topological polar surface area (TPSA) is 85.1 Å². The summed E-state index contributed by atoms with van der Waals surface area (Å²) in [5.41, 5.74) is 0.151. The minimum atomic E-state index is -0.973. The van der Waals surface area contributed by atoms with Gasteiger partial charge in [0, 0.05) is 24.0 Å². The van der Waals surface area contributed by atoms with E-state index in [1.165, 1.54) is 6.07 Å². The van der Waals surface area contributed by atoms with E-state index in [0.717, 1.165) is 17.7 Å². The van der Waals surface area contributed by atoms with Crippen LogP contribution in [-0.4, -0.2) is 15.8 Å². The summed E-state index contributed by atoms with van der Waals surface area (Å²) in [7, 11) is 0. The van der Waals surface area contributed by atoms with Crippen LogP contribution >= 0.6 is 0 Å². The number of carbonyl (C=O) groups excluding carboxylic acids is 1. The van der Waals surface area contributed by atoms with E-state index >= 15 is 0 Å². The molecular weight excluding hydrogens is 277 g/mol. The lowest BCUT2D eigenvalue weighted by Crippen LogP contribution is -2.26. The summed E-state index contributed by atoms with van der Waals surface area (Å²) in [6, 6.07) is 6.23. The van der Waals surface area contributed by atoms with Crippen LogP contribution in [0.3, 0.4) is 0 Å². The Labute approximate surface area is 119 Å². The van der Waals surface area contributed by atoms with Gasteiger partial charge in [-0.25, -0.2) is 0 Å². The SMILES string of the molecule is CC(NC(=O)c1ccc(F)c([N+](=O)[O-])c1)c1ccncc1. The summed E-state index contributed by atoms with van der Waals surface area (Å²) in [5.74, 6) is -1.49. The van der Waals surface area contributed by atoms with Gasteiger partial charge in [0.1, 0.15) is 0 Å². The molecule has 1 amide bonds. The van der Waals surface area contributed by atoms with Gasteiger partial charge >= 0.3 is 5.69 Å². The molecule has 1 aromatic carbocycles. The molecule has 1 unspecified atom stereocenters. The number of nitrogens with one attached hydrogen (secondary N) is 1. The molecule has 0 aliphatic rings. The lowest BCUT2D eigenvalue weighted by atomic mass is 10.1. The van der Waals surface area contributed by atoms with Crippen molar-refractivity contribution in [3.8, 4) is 0 Å². The summed E-state index contributed by atoms with van der Waals surface area (Å²) in [5, 5.41) is 13.4. The van der Waals surface area contributed by atoms with E-state index in [1.807, 2.05) is 0 Å². The molecular formula is C14H12FN3O3. The Morgan fingerprint density at radius 3 is 2.62 bits per heavy atom. The summed E-state index contributed by atoms with van der Waals surface area (Å²) in [4.78, 5) is 25.7. The van der Waals surface area contributed by atoms with Crippen molar-refractivity contribution in [1.29, 1.82) is 0 Å². The van der Waals surface area contributed by atoms with Crippen LogP contribution in [0, 0.1) is 15.9 Å². The summed E-state index contributed by atoms with van der Waals surface area (Å²) < 4.78 is 13.2. The molecule has 108 valence electrons. The predicted octanol–water partition coefficient (Wildman–Crippen LogP) is 2.62. The van der Waals surface area contributed by atoms with E-state index < -0.39 is 22.3 Å². The third-order valence-electron chi connectivity index (χ3n) is 2.96. The van der Waals surface area contributed by atoms with Gasteiger partial charge in [-0.1, -0.05) is 0 Å². The third-order valence-corrected chi connectivity index (χ3v) is 2.96. The number of nitrogens with zero attached hydrogens (tertiary/aromatic N) is 2. The van der Waals surface area contributed by atoms with Crippen molar-refractivity contribution in [2.24, 2.45) is 0 Å². The number of nitro benzene ring substituents is 1. The van der Waals surface area contributed by atoms with E-state index in [9.17, 15) is 19.3 Å². The Morgan fingerprint density at radius 2 is 2.00 bits per heavy atom. The first-order chi connectivity index (χ1) is 9.99. The Kier molecular flexibility index (Phi) is 4.22. The second kappa shape index (κ2) is 6.08. The van der Waals surface area contributed by atoms with Gasteiger partial charge in [-0.15, -0.1) is 0 Å². The van der Waals surface area contributed by atoms with Crippen LogP contribution < -0.4 is 5.32 Å². The van der Waals surface area contributed by atoms with Gasteiger partial charge in [0.05, 0.1) is 11.0 Å². The van der Waals surface area contributed by atoms with Gasteiger partial charge in [-0.3, -0.25) is 19.9 Å². The molecule has 7 heteroatoms. The molecule has 0 radical (unpaired) electrons. The van der Waals surface area contributed by atoms with Gasteiger partial charge < -0.3 is 5.32 Å². The summed E-state index contributed by atoms with van der Waals surface area (Å²) >= 11 is 0. The van der Waals surface area contributed by atoms with Crippen LogP contribution in [0.4, 0.5) is 10.1 Å². The lowest BCUT2D eigenvalue weighted by molar-refractivity contribution is -0.387. The summed E-state index contributed by atoms with van der Waals surface area (Å²) in [6.07, 6.45) is 3.20. The van der Waals surface area contributed by atoms with Crippen LogP contribution in [0.25, 0.3) is 0 Å². The maximum atomic E-state index is 13.2. The Balaban J connectivity index is 2.17. The molecule has 1 atom stereocenters. The van der Waals surface area contributed by atoms with Gasteiger partial charge in [0.2, 0.25) is 5.82 Å². The first-order valence-corrected chi connectivity index (χ1v) is 6.14. The van der Waals surface area contributed by atoms with Gasteiger partial charge in [0.15, 0.2) is 0 Å². The number of hydrogen-bond acceptors (Lipinski definition) is 4. The van der Waals surface area contributed by atoms with Crippen molar-refractivity contribution < 1.29 is 14.1 Å². The van der Waals surface area contributed by atoms with E-state index in [0.29, 0.717) is 0 Å². The minimum Gasteiger partial charge on any atom is -0.346 e. The number of rotatable bonds is 4. The maximum absolute atomic E-state index is 13.2. The number of hydrogen-bond donors (Lipinski definition) is 1. The molecule has 0 aliphatic carbocycles. The molecule has 0 fully saturated rings. The second-order valence-electron chi connectivity index (χ2n) is 4.40. The zero-order valence-corrected chi connectivity index (χ0v) is 11.1. The molecule has 0 bridgehead atoms. The number of amides is 1. The molecule has 0 aliphatic heterocycles. The third kappa shape index (κ3) is 3.38. The van der Waals surface area contributed by atoms with E-state index in [1.54, 1.807) is 31.5 Å². The van der Waals surface area contributed by atoms with Crippen molar-refractivity contribution >= 4 is 11.6 Å². The molecule has 6 nitrogen and oxygen atoms in total. The Morgan fingerprint density at radius 1 is 1.33 bits per heavy atom. The number of pyridine rings is 1. The highest BCUT2D eigenvalue weighted by Crippen LogP contribution is 2.19. The lowest BCUT2D eigenvalue weighted by Gasteiger charge is -2.14. The quantitative estimate of drug-likeness (QED) is 0.692. The zero-order valence-electron chi connectivity index (χ0n) is 11.1. The first kappa shape index (κ1) is 14.6. The highest BCUT2D eigenvalue weighted by molar-refractivity contribution is 5.95. The van der Waals surface area contributed by atoms with E-state index in [2.05, 4.69) is 10.3 Å². The number of benzene rings is 1. The maximum Gasteiger partial charge on any atom is 0.305 e. The fourth-order valence-corrected chi connectivity index (χ4v) is 1.81. The molecule has 21 heavy (non-hydrogen) atoms. The molecule has 0 spiro atoms. The predicted molar refractivity (Wildman–Crippen MR) is 73.2 cm³/mol. The van der Waals surface area contributed by atoms with E-state index in [-0.39, 0.29) is 11.6 Å². The Hall–Kier alpha value is -2.83. The minimum absolute atomic E-state index is 0.0315. The van der Waals surface area contributed by atoms with Crippen LogP contribution in [0.2, 0.25) is 0 Å². The molecule has 2 aromatic rings. The largest absolute Gasteiger partial charge is 0.346 e. The molecule has 1 N–H and O–H groups in total. The summed E-state index contributed by atoms with van der Waals surface area (Å²) in [6.45, 7) is 1.77. The van der Waals surface area contributed by atoms with Gasteiger partial charge in [-0.2, -0.15) is 4.39 Å². The molecule has 2 rings (SSSR count). The van der Waals surface area contributed by atoms with Gasteiger partial charge in [-0.05, 0) is 36.8 Å². The average Bonchev–Trinajstić information content (AvgIpc) is 2.48. The molecule has 0 saturated carbocycles. The Bertz CT molecular complexity index is 676. The van der Waals surface area contributed by atoms with Crippen molar-refractivity contribution in [1.82, 2.24) is 10.3 Å².